The first-order valence-electron chi connectivity index (χ1n) is 10.7. The van der Waals surface area contributed by atoms with Gasteiger partial charge in [0.25, 0.3) is 0 Å². The largest absolute Gasteiger partial charge is 0.486 e. The number of amides is 1. The van der Waals surface area contributed by atoms with Gasteiger partial charge in [-0.2, -0.15) is 4.72 Å². The highest BCUT2D eigenvalue weighted by molar-refractivity contribution is 7.89. The van der Waals surface area contributed by atoms with Crippen molar-refractivity contribution in [2.24, 2.45) is 5.92 Å². The molecule has 8 heteroatoms. The third kappa shape index (κ3) is 4.70. The fourth-order valence-corrected chi connectivity index (χ4v) is 5.44. The fourth-order valence-electron chi connectivity index (χ4n) is 4.08. The third-order valence-corrected chi connectivity index (χ3v) is 7.18. The molecule has 1 aliphatic carbocycles. The molecular weight excluding hydrogens is 416 g/mol. The molecule has 4 rings (SSSR count). The summed E-state index contributed by atoms with van der Waals surface area (Å²) in [6, 6.07) is 11.5. The molecule has 2 atom stereocenters. The summed E-state index contributed by atoms with van der Waals surface area (Å²) in [5.74, 6) is 0.349. The maximum atomic E-state index is 13.1. The van der Waals surface area contributed by atoms with E-state index in [-0.39, 0.29) is 22.8 Å². The Labute approximate surface area is 183 Å². The van der Waals surface area contributed by atoms with Gasteiger partial charge < -0.3 is 14.8 Å². The van der Waals surface area contributed by atoms with E-state index >= 15 is 0 Å². The molecule has 0 saturated carbocycles. The van der Waals surface area contributed by atoms with Gasteiger partial charge in [0, 0.05) is 6.07 Å². The Balaban J connectivity index is 1.52. The van der Waals surface area contributed by atoms with E-state index in [0.717, 1.165) is 24.8 Å². The summed E-state index contributed by atoms with van der Waals surface area (Å²) in [5, 5.41) is 3.07. The van der Waals surface area contributed by atoms with E-state index in [4.69, 9.17) is 9.47 Å². The molecule has 1 heterocycles. The molecule has 1 amide bonds. The highest BCUT2D eigenvalue weighted by Gasteiger charge is 2.31. The second-order valence-corrected chi connectivity index (χ2v) is 10.0. The van der Waals surface area contributed by atoms with Gasteiger partial charge in [0.1, 0.15) is 19.3 Å². The van der Waals surface area contributed by atoms with E-state index in [1.807, 2.05) is 32.0 Å². The Morgan fingerprint density at radius 3 is 2.58 bits per heavy atom. The molecule has 0 unspecified atom stereocenters. The van der Waals surface area contributed by atoms with E-state index < -0.39 is 16.1 Å². The molecule has 0 aromatic heterocycles. The van der Waals surface area contributed by atoms with E-state index in [1.165, 1.54) is 17.7 Å². The molecule has 2 aromatic rings. The van der Waals surface area contributed by atoms with E-state index in [2.05, 4.69) is 16.1 Å². The lowest BCUT2D eigenvalue weighted by atomic mass is 9.87. The van der Waals surface area contributed by atoms with Crippen molar-refractivity contribution in [2.75, 3.05) is 13.2 Å². The van der Waals surface area contributed by atoms with Crippen LogP contribution in [-0.2, 0) is 21.2 Å². The van der Waals surface area contributed by atoms with Crippen LogP contribution in [0.1, 0.15) is 43.9 Å². The summed E-state index contributed by atoms with van der Waals surface area (Å²) in [5.41, 5.74) is 2.34. The van der Waals surface area contributed by atoms with Crippen molar-refractivity contribution in [3.8, 4) is 11.5 Å². The molecular formula is C23H28N2O5S. The number of rotatable bonds is 6. The summed E-state index contributed by atoms with van der Waals surface area (Å²) in [6.07, 6.45) is 2.81. The molecule has 31 heavy (non-hydrogen) atoms. The number of aryl methyl sites for hydroxylation is 1. The Morgan fingerprint density at radius 2 is 1.81 bits per heavy atom. The van der Waals surface area contributed by atoms with Gasteiger partial charge >= 0.3 is 0 Å². The first kappa shape index (κ1) is 21.6. The molecule has 0 spiro atoms. The van der Waals surface area contributed by atoms with E-state index in [9.17, 15) is 13.2 Å². The Hall–Kier alpha value is -2.58. The van der Waals surface area contributed by atoms with Crippen LogP contribution in [0, 0.1) is 5.92 Å². The summed E-state index contributed by atoms with van der Waals surface area (Å²) in [4.78, 5) is 13.2. The van der Waals surface area contributed by atoms with Gasteiger partial charge in [-0.05, 0) is 48.4 Å². The lowest BCUT2D eigenvalue weighted by Gasteiger charge is -2.29. The van der Waals surface area contributed by atoms with Crippen molar-refractivity contribution >= 4 is 15.9 Å². The van der Waals surface area contributed by atoms with Crippen molar-refractivity contribution in [3.63, 3.8) is 0 Å². The number of nitrogens with one attached hydrogen (secondary N) is 2. The molecule has 1 aliphatic heterocycles. The van der Waals surface area contributed by atoms with Gasteiger partial charge in [-0.3, -0.25) is 4.79 Å². The number of carbonyl (C=O) groups excluding carboxylic acids is 1. The second kappa shape index (κ2) is 8.88. The molecule has 7 nitrogen and oxygen atoms in total. The van der Waals surface area contributed by atoms with Crippen molar-refractivity contribution < 1.29 is 22.7 Å². The zero-order valence-electron chi connectivity index (χ0n) is 17.8. The standard InChI is InChI=1S/C23H28N2O5S/c1-15(2)22(23(26)24-19-9-5-7-16-6-3-4-8-18(16)19)25-31(27,28)17-10-11-20-21(14-17)30-13-12-29-20/h3-4,6,8,10-11,14-15,19,22,25H,5,7,9,12-13H2,1-2H3,(H,24,26)/t19-,22+/m1/s1. The van der Waals surface area contributed by atoms with Crippen LogP contribution in [0.15, 0.2) is 47.4 Å². The Bertz CT molecular complexity index is 1070. The van der Waals surface area contributed by atoms with Gasteiger partial charge in [-0.15, -0.1) is 0 Å². The highest BCUT2D eigenvalue weighted by Crippen LogP contribution is 2.33. The molecule has 0 bridgehead atoms. The van der Waals surface area contributed by atoms with Gasteiger partial charge in [0.2, 0.25) is 15.9 Å². The zero-order chi connectivity index (χ0) is 22.0. The summed E-state index contributed by atoms with van der Waals surface area (Å²) in [7, 11) is -3.93. The number of hydrogen-bond acceptors (Lipinski definition) is 5. The molecule has 2 aromatic carbocycles. The van der Waals surface area contributed by atoms with Crippen LogP contribution in [0.5, 0.6) is 11.5 Å². The number of ether oxygens (including phenoxy) is 2. The lowest BCUT2D eigenvalue weighted by molar-refractivity contribution is -0.124. The average molecular weight is 445 g/mol. The monoisotopic (exact) mass is 444 g/mol. The molecule has 2 aliphatic rings. The van der Waals surface area contributed by atoms with E-state index in [0.29, 0.717) is 24.7 Å². The van der Waals surface area contributed by atoms with Crippen LogP contribution in [-0.4, -0.2) is 33.6 Å². The number of hydrogen-bond donors (Lipinski definition) is 2. The van der Waals surface area contributed by atoms with Crippen molar-refractivity contribution in [2.45, 2.75) is 50.1 Å². The summed E-state index contributed by atoms with van der Waals surface area (Å²) >= 11 is 0. The van der Waals surface area contributed by atoms with Crippen LogP contribution in [0.4, 0.5) is 0 Å². The SMILES string of the molecule is CC(C)[C@H](NS(=O)(=O)c1ccc2c(c1)OCCO2)C(=O)N[C@@H]1CCCc2ccccc21. The number of fused-ring (bicyclic) bond motifs is 2. The van der Waals surface area contributed by atoms with Crippen LogP contribution < -0.4 is 19.5 Å². The first-order valence-corrected chi connectivity index (χ1v) is 12.1. The van der Waals surface area contributed by atoms with Crippen molar-refractivity contribution in [1.82, 2.24) is 10.0 Å². The van der Waals surface area contributed by atoms with Crippen LogP contribution >= 0.6 is 0 Å². The molecule has 2 N–H and O–H groups in total. The van der Waals surface area contributed by atoms with E-state index in [1.54, 1.807) is 6.07 Å². The molecule has 0 fully saturated rings. The van der Waals surface area contributed by atoms with Gasteiger partial charge in [-0.25, -0.2) is 8.42 Å². The summed E-state index contributed by atoms with van der Waals surface area (Å²) < 4.78 is 39.6. The maximum absolute atomic E-state index is 13.1. The smallest absolute Gasteiger partial charge is 0.241 e. The fraction of sp³-hybridized carbons (Fsp3) is 0.435. The average Bonchev–Trinajstić information content (AvgIpc) is 2.77. The minimum atomic E-state index is -3.93. The topological polar surface area (TPSA) is 93.7 Å². The van der Waals surface area contributed by atoms with Crippen molar-refractivity contribution in [3.05, 3.63) is 53.6 Å². The number of benzene rings is 2. The van der Waals surface area contributed by atoms with Crippen molar-refractivity contribution in [1.29, 1.82) is 0 Å². The third-order valence-electron chi connectivity index (χ3n) is 5.74. The Kier molecular flexibility index (Phi) is 6.20. The zero-order valence-corrected chi connectivity index (χ0v) is 18.6. The van der Waals surface area contributed by atoms with Crippen LogP contribution in [0.25, 0.3) is 0 Å². The summed E-state index contributed by atoms with van der Waals surface area (Å²) in [6.45, 7) is 4.44. The molecule has 0 saturated heterocycles. The first-order chi connectivity index (χ1) is 14.8. The van der Waals surface area contributed by atoms with Gasteiger partial charge in [0.15, 0.2) is 11.5 Å². The second-order valence-electron chi connectivity index (χ2n) is 8.30. The normalized spacial score (nSPS) is 18.9. The van der Waals surface area contributed by atoms with Gasteiger partial charge in [-0.1, -0.05) is 38.1 Å². The minimum absolute atomic E-state index is 0.0400. The predicted octanol–water partition coefficient (Wildman–Crippen LogP) is 2.95. The Morgan fingerprint density at radius 1 is 1.06 bits per heavy atom. The predicted molar refractivity (Wildman–Crippen MR) is 117 cm³/mol. The molecule has 0 radical (unpaired) electrons. The lowest BCUT2D eigenvalue weighted by Crippen LogP contribution is -2.50. The number of carbonyl (C=O) groups is 1. The highest BCUT2D eigenvalue weighted by atomic mass is 32.2. The molecule has 166 valence electrons. The number of sulfonamides is 1. The van der Waals surface area contributed by atoms with Gasteiger partial charge in [0.05, 0.1) is 10.9 Å². The minimum Gasteiger partial charge on any atom is -0.486 e. The quantitative estimate of drug-likeness (QED) is 0.715. The van der Waals surface area contributed by atoms with Crippen LogP contribution in [0.2, 0.25) is 0 Å². The van der Waals surface area contributed by atoms with Crippen LogP contribution in [0.3, 0.4) is 0 Å². The maximum Gasteiger partial charge on any atom is 0.241 e.